The number of hydrogen-bond acceptors (Lipinski definition) is 8. The van der Waals surface area contributed by atoms with Crippen molar-refractivity contribution in [1.29, 1.82) is 0 Å². The Labute approximate surface area is 166 Å². The molecule has 2 heterocycles. The molecule has 9 heteroatoms. The molecule has 1 N–H and O–H groups in total. The number of para-hydroxylation sites is 1. The average Bonchev–Trinajstić information content (AvgIpc) is 3.14. The zero-order chi connectivity index (χ0) is 19.1. The summed E-state index contributed by atoms with van der Waals surface area (Å²) in [4.78, 5) is 26.2. The first-order chi connectivity index (χ1) is 13.2. The van der Waals surface area contributed by atoms with E-state index >= 15 is 0 Å². The second-order valence-electron chi connectivity index (χ2n) is 6.08. The van der Waals surface area contributed by atoms with Crippen molar-refractivity contribution in [2.45, 2.75) is 24.1 Å². The van der Waals surface area contributed by atoms with Gasteiger partial charge in [-0.1, -0.05) is 41.3 Å². The van der Waals surface area contributed by atoms with Crippen LogP contribution in [0.2, 0.25) is 0 Å². The molecule has 1 fully saturated rings. The van der Waals surface area contributed by atoms with Gasteiger partial charge < -0.3 is 15.0 Å². The third kappa shape index (κ3) is 5.67. The quantitative estimate of drug-likeness (QED) is 0.558. The van der Waals surface area contributed by atoms with E-state index in [-0.39, 0.29) is 23.5 Å². The lowest BCUT2D eigenvalue weighted by atomic mass is 9.98. The van der Waals surface area contributed by atoms with E-state index in [0.29, 0.717) is 24.8 Å². The van der Waals surface area contributed by atoms with E-state index < -0.39 is 0 Å². The van der Waals surface area contributed by atoms with Crippen LogP contribution in [0.1, 0.15) is 19.8 Å². The first-order valence-corrected chi connectivity index (χ1v) is 10.7. The zero-order valence-electron chi connectivity index (χ0n) is 15.1. The molecule has 0 radical (unpaired) electrons. The molecule has 144 valence electrons. The van der Waals surface area contributed by atoms with Crippen molar-refractivity contribution in [3.63, 3.8) is 0 Å². The Kier molecular flexibility index (Phi) is 7.05. The van der Waals surface area contributed by atoms with Crippen molar-refractivity contribution in [3.05, 3.63) is 30.3 Å². The number of ether oxygens (including phenoxy) is 1. The largest absolute Gasteiger partial charge is 0.466 e. The molecule has 1 aromatic carbocycles. The molecule has 1 saturated heterocycles. The highest BCUT2D eigenvalue weighted by Crippen LogP contribution is 2.28. The Morgan fingerprint density at radius 3 is 2.93 bits per heavy atom. The van der Waals surface area contributed by atoms with Crippen LogP contribution in [0.15, 0.2) is 34.7 Å². The molecule has 1 amide bonds. The molecule has 0 unspecified atom stereocenters. The van der Waals surface area contributed by atoms with Gasteiger partial charge in [-0.3, -0.25) is 9.59 Å². The lowest BCUT2D eigenvalue weighted by Gasteiger charge is -2.31. The Morgan fingerprint density at radius 1 is 1.33 bits per heavy atom. The van der Waals surface area contributed by atoms with E-state index in [4.69, 9.17) is 4.74 Å². The van der Waals surface area contributed by atoms with Crippen molar-refractivity contribution in [3.8, 4) is 0 Å². The van der Waals surface area contributed by atoms with Gasteiger partial charge in [0.05, 0.1) is 18.3 Å². The summed E-state index contributed by atoms with van der Waals surface area (Å²) in [6, 6.07) is 9.74. The van der Waals surface area contributed by atoms with Crippen molar-refractivity contribution in [2.75, 3.05) is 30.8 Å². The number of aromatic nitrogens is 2. The predicted octanol–water partition coefficient (Wildman–Crippen LogP) is 3.18. The number of nitrogens with zero attached hydrogens (tertiary/aromatic N) is 3. The Balaban J connectivity index is 1.48. The molecular weight excluding hydrogens is 384 g/mol. The molecule has 27 heavy (non-hydrogen) atoms. The van der Waals surface area contributed by atoms with Gasteiger partial charge in [-0.15, -0.1) is 10.2 Å². The zero-order valence-corrected chi connectivity index (χ0v) is 16.7. The summed E-state index contributed by atoms with van der Waals surface area (Å²) in [6.07, 6.45) is 1.60. The number of anilines is 2. The van der Waals surface area contributed by atoms with E-state index in [2.05, 4.69) is 15.5 Å². The highest BCUT2D eigenvalue weighted by molar-refractivity contribution is 8.01. The standard InChI is InChI=1S/C18H22N4O3S2/c1-2-25-16(24)13-7-6-10-22(11-13)15(23)12-26-18-21-20-17(27-18)19-14-8-4-3-5-9-14/h3-5,8-9,13H,2,6-7,10-12H2,1H3,(H,19,20)/t13-/m0/s1. The van der Waals surface area contributed by atoms with Gasteiger partial charge in [0, 0.05) is 18.8 Å². The lowest BCUT2D eigenvalue weighted by Crippen LogP contribution is -2.43. The first kappa shape index (κ1) is 19.6. The topological polar surface area (TPSA) is 84.4 Å². The van der Waals surface area contributed by atoms with Gasteiger partial charge in [0.2, 0.25) is 11.0 Å². The van der Waals surface area contributed by atoms with Crippen molar-refractivity contribution >= 4 is 45.8 Å². The lowest BCUT2D eigenvalue weighted by molar-refractivity contribution is -0.151. The normalized spacial score (nSPS) is 16.8. The van der Waals surface area contributed by atoms with Crippen LogP contribution in [0.4, 0.5) is 10.8 Å². The minimum Gasteiger partial charge on any atom is -0.466 e. The predicted molar refractivity (Wildman–Crippen MR) is 106 cm³/mol. The summed E-state index contributed by atoms with van der Waals surface area (Å²) in [5, 5.41) is 12.1. The number of piperidine rings is 1. The van der Waals surface area contributed by atoms with E-state index in [0.717, 1.165) is 22.9 Å². The van der Waals surface area contributed by atoms with Gasteiger partial charge in [-0.05, 0) is 31.9 Å². The fourth-order valence-electron chi connectivity index (χ4n) is 2.83. The molecule has 1 aromatic heterocycles. The van der Waals surface area contributed by atoms with Crippen molar-refractivity contribution in [1.82, 2.24) is 15.1 Å². The number of thioether (sulfide) groups is 1. The van der Waals surface area contributed by atoms with Crippen LogP contribution in [0, 0.1) is 5.92 Å². The maximum absolute atomic E-state index is 12.5. The summed E-state index contributed by atoms with van der Waals surface area (Å²) in [5.41, 5.74) is 0.944. The van der Waals surface area contributed by atoms with Gasteiger partial charge in [0.1, 0.15) is 0 Å². The summed E-state index contributed by atoms with van der Waals surface area (Å²) >= 11 is 2.78. The summed E-state index contributed by atoms with van der Waals surface area (Å²) in [5.74, 6) is -0.115. The third-order valence-corrected chi connectivity index (χ3v) is 6.10. The second kappa shape index (κ2) is 9.70. The van der Waals surface area contributed by atoms with Crippen LogP contribution in [0.3, 0.4) is 0 Å². The van der Waals surface area contributed by atoms with Crippen LogP contribution in [-0.4, -0.2) is 52.4 Å². The minimum atomic E-state index is -0.212. The number of carbonyl (C=O) groups excluding carboxylic acids is 2. The number of amides is 1. The fraction of sp³-hybridized carbons (Fsp3) is 0.444. The highest BCUT2D eigenvalue weighted by atomic mass is 32.2. The molecule has 2 aromatic rings. The Hall–Kier alpha value is -2.13. The number of esters is 1. The summed E-state index contributed by atoms with van der Waals surface area (Å²) in [7, 11) is 0. The monoisotopic (exact) mass is 406 g/mol. The molecule has 1 atom stereocenters. The van der Waals surface area contributed by atoms with Crippen LogP contribution in [0.5, 0.6) is 0 Å². The molecule has 0 bridgehead atoms. The number of benzene rings is 1. The van der Waals surface area contributed by atoms with Crippen LogP contribution in [-0.2, 0) is 14.3 Å². The van der Waals surface area contributed by atoms with Gasteiger partial charge in [0.25, 0.3) is 0 Å². The Morgan fingerprint density at radius 2 is 2.15 bits per heavy atom. The number of likely N-dealkylation sites (tertiary alicyclic amines) is 1. The average molecular weight is 407 g/mol. The van der Waals surface area contributed by atoms with Crippen molar-refractivity contribution in [2.24, 2.45) is 5.92 Å². The summed E-state index contributed by atoms with van der Waals surface area (Å²) < 4.78 is 5.82. The molecule has 0 saturated carbocycles. The van der Waals surface area contributed by atoms with Crippen LogP contribution < -0.4 is 5.32 Å². The number of hydrogen-bond donors (Lipinski definition) is 1. The van der Waals surface area contributed by atoms with Crippen LogP contribution in [0.25, 0.3) is 0 Å². The van der Waals surface area contributed by atoms with Crippen molar-refractivity contribution < 1.29 is 14.3 Å². The minimum absolute atomic E-state index is 0.0155. The molecule has 7 nitrogen and oxygen atoms in total. The number of carbonyl (C=O) groups is 2. The first-order valence-electron chi connectivity index (χ1n) is 8.88. The smallest absolute Gasteiger partial charge is 0.310 e. The molecule has 0 spiro atoms. The van der Waals surface area contributed by atoms with E-state index in [1.165, 1.54) is 23.1 Å². The third-order valence-electron chi connectivity index (χ3n) is 4.14. The maximum atomic E-state index is 12.5. The van der Waals surface area contributed by atoms with E-state index in [1.807, 2.05) is 30.3 Å². The van der Waals surface area contributed by atoms with Gasteiger partial charge in [-0.25, -0.2) is 0 Å². The SMILES string of the molecule is CCOC(=O)[C@H]1CCCN(C(=O)CSc2nnc(Nc3ccccc3)s2)C1. The van der Waals surface area contributed by atoms with Gasteiger partial charge in [-0.2, -0.15) is 0 Å². The molecule has 0 aliphatic carbocycles. The van der Waals surface area contributed by atoms with E-state index in [1.54, 1.807) is 11.8 Å². The highest BCUT2D eigenvalue weighted by Gasteiger charge is 2.29. The molecule has 1 aliphatic rings. The van der Waals surface area contributed by atoms with Gasteiger partial charge in [0.15, 0.2) is 4.34 Å². The fourth-order valence-corrected chi connectivity index (χ4v) is 4.51. The molecule has 3 rings (SSSR count). The maximum Gasteiger partial charge on any atom is 0.310 e. The second-order valence-corrected chi connectivity index (χ2v) is 8.28. The van der Waals surface area contributed by atoms with Crippen LogP contribution >= 0.6 is 23.1 Å². The number of nitrogens with one attached hydrogen (secondary N) is 1. The van der Waals surface area contributed by atoms with Gasteiger partial charge >= 0.3 is 5.97 Å². The molecular formula is C18H22N4O3S2. The number of rotatable bonds is 7. The summed E-state index contributed by atoms with van der Waals surface area (Å²) in [6.45, 7) is 3.29. The van der Waals surface area contributed by atoms with E-state index in [9.17, 15) is 9.59 Å². The molecule has 1 aliphatic heterocycles. The Bertz CT molecular complexity index is 769.